The second-order valence-corrected chi connectivity index (χ2v) is 3.64. The van der Waals surface area contributed by atoms with Crippen molar-refractivity contribution in [3.8, 4) is 11.1 Å². The van der Waals surface area contributed by atoms with E-state index in [1.807, 2.05) is 0 Å². The number of aryl methyl sites for hydroxylation is 1. The van der Waals surface area contributed by atoms with Gasteiger partial charge in [0.05, 0.1) is 12.6 Å². The highest BCUT2D eigenvalue weighted by molar-refractivity contribution is 5.69. The van der Waals surface area contributed by atoms with Crippen LogP contribution in [0.3, 0.4) is 0 Å². The van der Waals surface area contributed by atoms with Crippen LogP contribution in [0.2, 0.25) is 0 Å². The third-order valence-electron chi connectivity index (χ3n) is 2.47. The molecular weight excluding hydrogens is 223 g/mol. The van der Waals surface area contributed by atoms with Gasteiger partial charge in [-0.15, -0.1) is 0 Å². The first-order valence-electron chi connectivity index (χ1n) is 5.17. The number of aromatic nitrogens is 2. The van der Waals surface area contributed by atoms with Crippen molar-refractivity contribution in [3.05, 3.63) is 42.0 Å². The maximum absolute atomic E-state index is 13.6. The molecule has 0 aliphatic heterocycles. The highest BCUT2D eigenvalue weighted by atomic mass is 19.1. The molecule has 0 bridgehead atoms. The van der Waals surface area contributed by atoms with E-state index in [0.29, 0.717) is 23.2 Å². The maximum atomic E-state index is 13.6. The number of hydrogen-bond acceptors (Lipinski definition) is 2. The van der Waals surface area contributed by atoms with Crippen LogP contribution < -0.4 is 0 Å². The van der Waals surface area contributed by atoms with E-state index >= 15 is 0 Å². The Morgan fingerprint density at radius 3 is 2.82 bits per heavy atom. The molecule has 88 valence electrons. The van der Waals surface area contributed by atoms with Crippen molar-refractivity contribution in [2.45, 2.75) is 12.8 Å². The van der Waals surface area contributed by atoms with Crippen LogP contribution in [-0.2, 0) is 11.2 Å². The van der Waals surface area contributed by atoms with Gasteiger partial charge in [-0.25, -0.2) is 4.39 Å². The van der Waals surface area contributed by atoms with Gasteiger partial charge in [0, 0.05) is 23.2 Å². The van der Waals surface area contributed by atoms with E-state index in [1.54, 1.807) is 18.2 Å². The Bertz CT molecular complexity index is 537. The molecule has 4 nitrogen and oxygen atoms in total. The second kappa shape index (κ2) is 4.78. The predicted molar refractivity (Wildman–Crippen MR) is 59.9 cm³/mol. The van der Waals surface area contributed by atoms with Crippen molar-refractivity contribution in [2.24, 2.45) is 0 Å². The Kier molecular flexibility index (Phi) is 3.18. The van der Waals surface area contributed by atoms with Crippen molar-refractivity contribution < 1.29 is 14.3 Å². The van der Waals surface area contributed by atoms with Crippen LogP contribution in [0.4, 0.5) is 4.39 Å². The number of aliphatic carboxylic acids is 1. The molecule has 0 saturated carbocycles. The van der Waals surface area contributed by atoms with Gasteiger partial charge in [0.1, 0.15) is 5.82 Å². The minimum absolute atomic E-state index is 0.0103. The van der Waals surface area contributed by atoms with Crippen LogP contribution in [0.15, 0.2) is 30.5 Å². The van der Waals surface area contributed by atoms with E-state index < -0.39 is 5.97 Å². The Labute approximate surface area is 97.1 Å². The summed E-state index contributed by atoms with van der Waals surface area (Å²) in [6.07, 6.45) is 1.80. The lowest BCUT2D eigenvalue weighted by molar-refractivity contribution is -0.136. The Morgan fingerprint density at radius 2 is 2.12 bits per heavy atom. The molecule has 0 atom stereocenters. The standard InChI is InChI=1S/C12H11FN2O2/c13-10-4-2-1-3-8(10)9-7-14-15-11(9)5-6-12(16)17/h1-4,7H,5-6H2,(H,14,15)(H,16,17). The molecule has 0 fully saturated rings. The summed E-state index contributed by atoms with van der Waals surface area (Å²) < 4.78 is 13.6. The van der Waals surface area contributed by atoms with E-state index in [1.165, 1.54) is 12.3 Å². The molecule has 1 aromatic heterocycles. The van der Waals surface area contributed by atoms with Gasteiger partial charge in [-0.05, 0) is 6.07 Å². The molecule has 2 N–H and O–H groups in total. The van der Waals surface area contributed by atoms with Gasteiger partial charge in [0.25, 0.3) is 0 Å². The molecule has 1 aromatic carbocycles. The molecule has 5 heteroatoms. The summed E-state index contributed by atoms with van der Waals surface area (Å²) in [6, 6.07) is 6.34. The topological polar surface area (TPSA) is 66.0 Å². The predicted octanol–water partition coefficient (Wildman–Crippen LogP) is 2.23. The zero-order valence-electron chi connectivity index (χ0n) is 8.98. The van der Waals surface area contributed by atoms with Crippen molar-refractivity contribution >= 4 is 5.97 Å². The van der Waals surface area contributed by atoms with Gasteiger partial charge >= 0.3 is 5.97 Å². The number of benzene rings is 1. The number of nitrogens with one attached hydrogen (secondary N) is 1. The SMILES string of the molecule is O=C(O)CCc1[nH]ncc1-c1ccccc1F. The van der Waals surface area contributed by atoms with Crippen molar-refractivity contribution in [1.82, 2.24) is 10.2 Å². The molecule has 0 aliphatic carbocycles. The number of hydrogen-bond donors (Lipinski definition) is 2. The van der Waals surface area contributed by atoms with Crippen molar-refractivity contribution in [3.63, 3.8) is 0 Å². The van der Waals surface area contributed by atoms with E-state index in [0.717, 1.165) is 0 Å². The summed E-state index contributed by atoms with van der Waals surface area (Å²) >= 11 is 0. The zero-order chi connectivity index (χ0) is 12.3. The smallest absolute Gasteiger partial charge is 0.303 e. The normalized spacial score (nSPS) is 10.4. The Hall–Kier alpha value is -2.17. The molecule has 0 spiro atoms. The quantitative estimate of drug-likeness (QED) is 0.852. The fourth-order valence-corrected chi connectivity index (χ4v) is 1.65. The minimum atomic E-state index is -0.890. The van der Waals surface area contributed by atoms with Crippen LogP contribution in [0.1, 0.15) is 12.1 Å². The summed E-state index contributed by atoms with van der Waals surface area (Å²) in [5, 5.41) is 15.2. The van der Waals surface area contributed by atoms with Gasteiger partial charge in [-0.3, -0.25) is 9.89 Å². The van der Waals surface area contributed by atoms with Gasteiger partial charge in [-0.1, -0.05) is 18.2 Å². The first-order chi connectivity index (χ1) is 8.18. The summed E-state index contributed by atoms with van der Waals surface area (Å²) in [6.45, 7) is 0. The number of H-pyrrole nitrogens is 1. The van der Waals surface area contributed by atoms with Gasteiger partial charge in [0.15, 0.2) is 0 Å². The molecule has 0 unspecified atom stereocenters. The van der Waals surface area contributed by atoms with Crippen LogP contribution in [0.5, 0.6) is 0 Å². The number of carbonyl (C=O) groups is 1. The van der Waals surface area contributed by atoms with E-state index in [4.69, 9.17) is 5.11 Å². The average molecular weight is 234 g/mol. The van der Waals surface area contributed by atoms with Gasteiger partial charge in [-0.2, -0.15) is 5.10 Å². The number of carboxylic acids is 1. The van der Waals surface area contributed by atoms with Crippen LogP contribution in [0.25, 0.3) is 11.1 Å². The van der Waals surface area contributed by atoms with Crippen LogP contribution in [-0.4, -0.2) is 21.3 Å². The van der Waals surface area contributed by atoms with E-state index in [-0.39, 0.29) is 12.2 Å². The van der Waals surface area contributed by atoms with Crippen molar-refractivity contribution in [1.29, 1.82) is 0 Å². The molecule has 2 rings (SSSR count). The third-order valence-corrected chi connectivity index (χ3v) is 2.47. The number of halogens is 1. The van der Waals surface area contributed by atoms with Crippen LogP contribution in [0, 0.1) is 5.82 Å². The fraction of sp³-hybridized carbons (Fsp3) is 0.167. The third kappa shape index (κ3) is 2.50. The largest absolute Gasteiger partial charge is 0.481 e. The molecule has 0 aliphatic rings. The molecule has 0 radical (unpaired) electrons. The number of nitrogens with zero attached hydrogens (tertiary/aromatic N) is 1. The molecule has 1 heterocycles. The minimum Gasteiger partial charge on any atom is -0.481 e. The highest BCUT2D eigenvalue weighted by Gasteiger charge is 2.12. The summed E-state index contributed by atoms with van der Waals surface area (Å²) in [4.78, 5) is 10.5. The number of aromatic amines is 1. The molecule has 17 heavy (non-hydrogen) atoms. The van der Waals surface area contributed by atoms with Gasteiger partial charge in [0.2, 0.25) is 0 Å². The molecule has 0 saturated heterocycles. The van der Waals surface area contributed by atoms with Crippen LogP contribution >= 0.6 is 0 Å². The molecule has 0 amide bonds. The summed E-state index contributed by atoms with van der Waals surface area (Å²) in [5.41, 5.74) is 1.68. The molecular formula is C12H11FN2O2. The monoisotopic (exact) mass is 234 g/mol. The second-order valence-electron chi connectivity index (χ2n) is 3.64. The van der Waals surface area contributed by atoms with E-state index in [9.17, 15) is 9.18 Å². The Morgan fingerprint density at radius 1 is 1.35 bits per heavy atom. The Balaban J connectivity index is 2.31. The van der Waals surface area contributed by atoms with Gasteiger partial charge < -0.3 is 5.11 Å². The number of carboxylic acid groups (broad SMARTS) is 1. The average Bonchev–Trinajstić information content (AvgIpc) is 2.75. The lowest BCUT2D eigenvalue weighted by Gasteiger charge is -2.03. The highest BCUT2D eigenvalue weighted by Crippen LogP contribution is 2.25. The first-order valence-corrected chi connectivity index (χ1v) is 5.17. The summed E-state index contributed by atoms with van der Waals surface area (Å²) in [5.74, 6) is -1.23. The molecule has 2 aromatic rings. The lowest BCUT2D eigenvalue weighted by atomic mass is 10.0. The fourth-order valence-electron chi connectivity index (χ4n) is 1.65. The zero-order valence-corrected chi connectivity index (χ0v) is 8.98. The first kappa shape index (κ1) is 11.3. The van der Waals surface area contributed by atoms with E-state index in [2.05, 4.69) is 10.2 Å². The summed E-state index contributed by atoms with van der Waals surface area (Å²) in [7, 11) is 0. The number of rotatable bonds is 4. The lowest BCUT2D eigenvalue weighted by Crippen LogP contribution is -1.99. The van der Waals surface area contributed by atoms with Crippen molar-refractivity contribution in [2.75, 3.05) is 0 Å². The maximum Gasteiger partial charge on any atom is 0.303 e.